The van der Waals surface area contributed by atoms with Gasteiger partial charge >= 0.3 is 5.97 Å². The molecule has 0 bridgehead atoms. The zero-order chi connectivity index (χ0) is 11.8. The number of benzene rings is 1. The Morgan fingerprint density at radius 3 is 2.69 bits per heavy atom. The number of ether oxygens (including phenoxy) is 1. The van der Waals surface area contributed by atoms with Crippen molar-refractivity contribution in [2.45, 2.75) is 20.0 Å². The van der Waals surface area contributed by atoms with Crippen molar-refractivity contribution in [1.29, 1.82) is 0 Å². The van der Waals surface area contributed by atoms with Gasteiger partial charge in [-0.3, -0.25) is 0 Å². The first-order valence-electron chi connectivity index (χ1n) is 5.22. The molecule has 0 heterocycles. The second-order valence-corrected chi connectivity index (χ2v) is 3.52. The maximum Gasteiger partial charge on any atom is 0.330 e. The van der Waals surface area contributed by atoms with E-state index in [4.69, 9.17) is 9.84 Å². The first-order valence-corrected chi connectivity index (χ1v) is 5.22. The van der Waals surface area contributed by atoms with E-state index in [1.807, 2.05) is 30.3 Å². The fourth-order valence-electron chi connectivity index (χ4n) is 1.21. The normalized spacial score (nSPS) is 11.4. The van der Waals surface area contributed by atoms with Gasteiger partial charge in [-0.1, -0.05) is 36.4 Å². The lowest BCUT2D eigenvalue weighted by molar-refractivity contribution is -0.132. The standard InChI is InChI=1S/C13H16O3/c1-11(13(14)15)6-5-9-16-10-12-7-3-2-4-8-12/h2-4,6-8H,5,9-10H2,1H3,(H,14,15)/b11-6+. The topological polar surface area (TPSA) is 46.5 Å². The van der Waals surface area contributed by atoms with Gasteiger partial charge in [0.05, 0.1) is 13.2 Å². The summed E-state index contributed by atoms with van der Waals surface area (Å²) in [5.41, 5.74) is 1.49. The molecule has 1 aromatic rings. The second kappa shape index (κ2) is 6.80. The van der Waals surface area contributed by atoms with E-state index in [-0.39, 0.29) is 0 Å². The molecule has 0 aliphatic carbocycles. The molecule has 0 spiro atoms. The smallest absolute Gasteiger partial charge is 0.330 e. The van der Waals surface area contributed by atoms with E-state index in [9.17, 15) is 4.79 Å². The summed E-state index contributed by atoms with van der Waals surface area (Å²) in [7, 11) is 0. The maximum absolute atomic E-state index is 10.5. The van der Waals surface area contributed by atoms with Gasteiger partial charge in [-0.05, 0) is 18.9 Å². The molecule has 1 aromatic carbocycles. The minimum Gasteiger partial charge on any atom is -0.478 e. The number of carboxylic acids is 1. The van der Waals surface area contributed by atoms with E-state index < -0.39 is 5.97 Å². The first-order chi connectivity index (χ1) is 7.70. The van der Waals surface area contributed by atoms with Crippen molar-refractivity contribution < 1.29 is 14.6 Å². The van der Waals surface area contributed by atoms with Crippen LogP contribution in [0.3, 0.4) is 0 Å². The zero-order valence-corrected chi connectivity index (χ0v) is 9.35. The Labute approximate surface area is 95.4 Å². The highest BCUT2D eigenvalue weighted by atomic mass is 16.5. The SMILES string of the molecule is C/C(=C\CCOCc1ccccc1)C(=O)O. The van der Waals surface area contributed by atoms with Gasteiger partial charge in [-0.25, -0.2) is 4.79 Å². The third kappa shape index (κ3) is 4.75. The Balaban J connectivity index is 2.18. The van der Waals surface area contributed by atoms with Crippen molar-refractivity contribution in [3.05, 3.63) is 47.5 Å². The summed E-state index contributed by atoms with van der Waals surface area (Å²) >= 11 is 0. The monoisotopic (exact) mass is 220 g/mol. The number of hydrogen-bond donors (Lipinski definition) is 1. The van der Waals surface area contributed by atoms with E-state index in [0.717, 1.165) is 5.56 Å². The molecule has 0 saturated heterocycles. The van der Waals surface area contributed by atoms with Gasteiger partial charge in [0.25, 0.3) is 0 Å². The summed E-state index contributed by atoms with van der Waals surface area (Å²) in [6.45, 7) is 2.69. The highest BCUT2D eigenvalue weighted by molar-refractivity contribution is 5.85. The summed E-state index contributed by atoms with van der Waals surface area (Å²) < 4.78 is 5.41. The fraction of sp³-hybridized carbons (Fsp3) is 0.308. The molecule has 86 valence electrons. The second-order valence-electron chi connectivity index (χ2n) is 3.52. The van der Waals surface area contributed by atoms with Gasteiger partial charge < -0.3 is 9.84 Å². The minimum atomic E-state index is -0.872. The minimum absolute atomic E-state index is 0.364. The molecule has 0 unspecified atom stereocenters. The van der Waals surface area contributed by atoms with Crippen LogP contribution in [0.15, 0.2) is 42.0 Å². The quantitative estimate of drug-likeness (QED) is 0.592. The van der Waals surface area contributed by atoms with Gasteiger partial charge in [0.1, 0.15) is 0 Å². The first kappa shape index (κ1) is 12.5. The molecule has 0 saturated carbocycles. The Kier molecular flexibility index (Phi) is 5.29. The van der Waals surface area contributed by atoms with Crippen molar-refractivity contribution >= 4 is 5.97 Å². The van der Waals surface area contributed by atoms with Crippen LogP contribution in [0.25, 0.3) is 0 Å². The summed E-state index contributed by atoms with van der Waals surface area (Å²) in [4.78, 5) is 10.5. The predicted molar refractivity (Wildman–Crippen MR) is 62.1 cm³/mol. The molecule has 0 fully saturated rings. The van der Waals surface area contributed by atoms with Crippen LogP contribution in [0.1, 0.15) is 18.9 Å². The van der Waals surface area contributed by atoms with Gasteiger partial charge in [-0.2, -0.15) is 0 Å². The molecule has 0 atom stereocenters. The number of aliphatic carboxylic acids is 1. The maximum atomic E-state index is 10.5. The van der Waals surface area contributed by atoms with Crippen LogP contribution in [-0.2, 0) is 16.1 Å². The lowest BCUT2D eigenvalue weighted by Gasteiger charge is -2.02. The van der Waals surface area contributed by atoms with Crippen molar-refractivity contribution in [3.63, 3.8) is 0 Å². The molecule has 3 nitrogen and oxygen atoms in total. The molecule has 0 aliphatic rings. The Morgan fingerprint density at radius 1 is 1.38 bits per heavy atom. The van der Waals surface area contributed by atoms with Gasteiger partial charge in [0.15, 0.2) is 0 Å². The average Bonchev–Trinajstić information content (AvgIpc) is 2.29. The fourth-order valence-corrected chi connectivity index (χ4v) is 1.21. The van der Waals surface area contributed by atoms with Crippen LogP contribution in [0, 0.1) is 0 Å². The van der Waals surface area contributed by atoms with E-state index >= 15 is 0 Å². The van der Waals surface area contributed by atoms with Gasteiger partial charge in [0.2, 0.25) is 0 Å². The number of hydrogen-bond acceptors (Lipinski definition) is 2. The molecule has 1 rings (SSSR count). The van der Waals surface area contributed by atoms with Gasteiger partial charge in [0, 0.05) is 5.57 Å². The zero-order valence-electron chi connectivity index (χ0n) is 9.35. The molecule has 0 radical (unpaired) electrons. The molecule has 0 amide bonds. The van der Waals surface area contributed by atoms with Crippen molar-refractivity contribution in [2.24, 2.45) is 0 Å². The number of rotatable bonds is 6. The third-order valence-electron chi connectivity index (χ3n) is 2.16. The third-order valence-corrected chi connectivity index (χ3v) is 2.16. The summed E-state index contributed by atoms with van der Waals surface area (Å²) in [5, 5.41) is 8.61. The van der Waals surface area contributed by atoms with Crippen LogP contribution in [0.4, 0.5) is 0 Å². The summed E-state index contributed by atoms with van der Waals surface area (Å²) in [6.07, 6.45) is 2.30. The van der Waals surface area contributed by atoms with E-state index in [0.29, 0.717) is 25.2 Å². The number of carboxylic acid groups (broad SMARTS) is 1. The van der Waals surface area contributed by atoms with E-state index in [2.05, 4.69) is 0 Å². The van der Waals surface area contributed by atoms with Crippen LogP contribution < -0.4 is 0 Å². The summed E-state index contributed by atoms with van der Waals surface area (Å²) in [5.74, 6) is -0.872. The van der Waals surface area contributed by atoms with Crippen molar-refractivity contribution in [2.75, 3.05) is 6.61 Å². The van der Waals surface area contributed by atoms with Crippen LogP contribution in [-0.4, -0.2) is 17.7 Å². The lowest BCUT2D eigenvalue weighted by atomic mass is 10.2. The van der Waals surface area contributed by atoms with Crippen molar-refractivity contribution in [1.82, 2.24) is 0 Å². The van der Waals surface area contributed by atoms with Crippen LogP contribution >= 0.6 is 0 Å². The predicted octanol–water partition coefficient (Wildman–Crippen LogP) is 2.62. The lowest BCUT2D eigenvalue weighted by Crippen LogP contribution is -1.98. The Morgan fingerprint density at radius 2 is 2.06 bits per heavy atom. The molecular formula is C13H16O3. The van der Waals surface area contributed by atoms with Crippen LogP contribution in [0.5, 0.6) is 0 Å². The van der Waals surface area contributed by atoms with Crippen molar-refractivity contribution in [3.8, 4) is 0 Å². The molecule has 1 N–H and O–H groups in total. The molecule has 16 heavy (non-hydrogen) atoms. The van der Waals surface area contributed by atoms with E-state index in [1.165, 1.54) is 0 Å². The Bertz CT molecular complexity index is 355. The van der Waals surface area contributed by atoms with Crippen LogP contribution in [0.2, 0.25) is 0 Å². The molecular weight excluding hydrogens is 204 g/mol. The number of carbonyl (C=O) groups is 1. The van der Waals surface area contributed by atoms with E-state index in [1.54, 1.807) is 13.0 Å². The highest BCUT2D eigenvalue weighted by Crippen LogP contribution is 2.02. The molecule has 3 heteroatoms. The summed E-state index contributed by atoms with van der Waals surface area (Å²) in [6, 6.07) is 9.89. The Hall–Kier alpha value is -1.61. The highest BCUT2D eigenvalue weighted by Gasteiger charge is 1.97. The largest absolute Gasteiger partial charge is 0.478 e. The molecule has 0 aromatic heterocycles. The average molecular weight is 220 g/mol. The van der Waals surface area contributed by atoms with Gasteiger partial charge in [-0.15, -0.1) is 0 Å². The molecule has 0 aliphatic heterocycles.